The molecule has 0 aromatic carbocycles. The van der Waals surface area contributed by atoms with Gasteiger partial charge in [-0.2, -0.15) is 0 Å². The molecule has 1 aromatic heterocycles. The third kappa shape index (κ3) is 4.48. The first-order chi connectivity index (χ1) is 8.63. The van der Waals surface area contributed by atoms with Crippen LogP contribution in [-0.4, -0.2) is 23.5 Å². The van der Waals surface area contributed by atoms with Gasteiger partial charge >= 0.3 is 0 Å². The number of hydrogen-bond acceptors (Lipinski definition) is 4. The van der Waals surface area contributed by atoms with E-state index in [0.29, 0.717) is 5.25 Å². The topological polar surface area (TPSA) is 24.4 Å². The summed E-state index contributed by atoms with van der Waals surface area (Å²) in [4.78, 5) is 5.88. The monoisotopic (exact) mass is 302 g/mol. The highest BCUT2D eigenvalue weighted by atomic mass is 35.5. The Morgan fingerprint density at radius 1 is 1.50 bits per heavy atom. The molecule has 2 heterocycles. The minimum Gasteiger partial charge on any atom is -0.365 e. The summed E-state index contributed by atoms with van der Waals surface area (Å²) in [5.74, 6) is 0.755. The Hall–Kier alpha value is -0.190. The van der Waals surface area contributed by atoms with Gasteiger partial charge in [0.1, 0.15) is 0 Å². The van der Waals surface area contributed by atoms with Crippen LogP contribution in [0.4, 0.5) is 0 Å². The Morgan fingerprint density at radius 3 is 3.00 bits per heavy atom. The van der Waals surface area contributed by atoms with Gasteiger partial charge in [0.2, 0.25) is 0 Å². The maximum absolute atomic E-state index is 5.90. The van der Waals surface area contributed by atoms with E-state index in [4.69, 9.17) is 11.6 Å². The average Bonchev–Trinajstić information content (AvgIpc) is 2.88. The summed E-state index contributed by atoms with van der Waals surface area (Å²) in [5, 5.41) is 5.20. The molecular weight excluding hydrogens is 284 g/mol. The van der Waals surface area contributed by atoms with E-state index in [0.717, 1.165) is 34.9 Å². The van der Waals surface area contributed by atoms with Gasteiger partial charge in [0, 0.05) is 16.7 Å². The van der Waals surface area contributed by atoms with Crippen molar-refractivity contribution >= 4 is 39.9 Å². The van der Waals surface area contributed by atoms with Gasteiger partial charge in [-0.3, -0.25) is 4.99 Å². The van der Waals surface area contributed by atoms with Crippen molar-refractivity contribution < 1.29 is 0 Å². The van der Waals surface area contributed by atoms with Crippen LogP contribution >= 0.6 is 34.7 Å². The number of nitrogens with zero attached hydrogens (tertiary/aromatic N) is 1. The summed E-state index contributed by atoms with van der Waals surface area (Å²) in [6.07, 6.45) is 2.27. The first kappa shape index (κ1) is 14.2. The summed E-state index contributed by atoms with van der Waals surface area (Å²) in [6.45, 7) is 6.45. The predicted octanol–water partition coefficient (Wildman–Crippen LogP) is 4.05. The van der Waals surface area contributed by atoms with Gasteiger partial charge in [-0.25, -0.2) is 0 Å². The van der Waals surface area contributed by atoms with Crippen molar-refractivity contribution in [2.75, 3.05) is 13.1 Å². The predicted molar refractivity (Wildman–Crippen MR) is 84.2 cm³/mol. The third-order valence-electron chi connectivity index (χ3n) is 2.73. The van der Waals surface area contributed by atoms with Crippen LogP contribution < -0.4 is 5.32 Å². The van der Waals surface area contributed by atoms with E-state index in [2.05, 4.69) is 30.2 Å². The molecule has 1 atom stereocenters. The summed E-state index contributed by atoms with van der Waals surface area (Å²) < 4.78 is 0.870. The Morgan fingerprint density at radius 2 is 2.33 bits per heavy atom. The zero-order chi connectivity index (χ0) is 13.0. The lowest BCUT2D eigenvalue weighted by atomic mass is 10.1. The zero-order valence-corrected chi connectivity index (χ0v) is 13.2. The van der Waals surface area contributed by atoms with E-state index < -0.39 is 0 Å². The van der Waals surface area contributed by atoms with E-state index >= 15 is 0 Å². The summed E-state index contributed by atoms with van der Waals surface area (Å²) in [6, 6.07) is 4.06. The van der Waals surface area contributed by atoms with Gasteiger partial charge in [-0.15, -0.1) is 11.3 Å². The van der Waals surface area contributed by atoms with Crippen LogP contribution in [-0.2, 0) is 6.42 Å². The lowest BCUT2D eigenvalue weighted by Gasteiger charge is -2.11. The average molecular weight is 303 g/mol. The number of thiophene rings is 1. The maximum atomic E-state index is 5.90. The molecule has 0 bridgehead atoms. The van der Waals surface area contributed by atoms with Crippen molar-refractivity contribution in [1.29, 1.82) is 0 Å². The second-order valence-electron chi connectivity index (χ2n) is 4.90. The van der Waals surface area contributed by atoms with Crippen LogP contribution in [0.1, 0.15) is 25.1 Å². The van der Waals surface area contributed by atoms with Crippen LogP contribution in [0.25, 0.3) is 0 Å². The van der Waals surface area contributed by atoms with Gasteiger partial charge in [-0.1, -0.05) is 37.2 Å². The molecule has 2 nitrogen and oxygen atoms in total. The van der Waals surface area contributed by atoms with Crippen LogP contribution in [0.2, 0.25) is 4.34 Å². The molecule has 1 aromatic rings. The number of nitrogens with one attached hydrogen (secondary N) is 1. The second kappa shape index (κ2) is 6.83. The third-order valence-corrected chi connectivity index (χ3v) is 5.19. The fourth-order valence-electron chi connectivity index (χ4n) is 1.94. The van der Waals surface area contributed by atoms with Crippen LogP contribution in [0.3, 0.4) is 0 Å². The molecule has 100 valence electrons. The highest BCUT2D eigenvalue weighted by Crippen LogP contribution is 2.25. The van der Waals surface area contributed by atoms with Crippen LogP contribution in [0.15, 0.2) is 17.1 Å². The molecule has 0 aliphatic carbocycles. The zero-order valence-electron chi connectivity index (χ0n) is 10.8. The van der Waals surface area contributed by atoms with Gasteiger partial charge in [0.25, 0.3) is 0 Å². The number of amidine groups is 1. The van der Waals surface area contributed by atoms with Gasteiger partial charge < -0.3 is 5.32 Å². The van der Waals surface area contributed by atoms with Crippen molar-refractivity contribution in [2.45, 2.75) is 31.9 Å². The Balaban J connectivity index is 1.66. The van der Waals surface area contributed by atoms with E-state index in [1.807, 2.05) is 17.8 Å². The molecule has 0 saturated carbocycles. The Kier molecular flexibility index (Phi) is 5.39. The number of halogens is 1. The van der Waals surface area contributed by atoms with Crippen LogP contribution in [0, 0.1) is 5.92 Å². The standard InChI is InChI=1S/C13H19ClN2S2/c1-9(2)7-11-8-16-13(18-11)15-6-5-10-3-4-12(14)17-10/h3-4,9,11H,5-8H2,1-2H3,(H,15,16). The van der Waals surface area contributed by atoms with Crippen molar-refractivity contribution in [1.82, 2.24) is 5.32 Å². The van der Waals surface area contributed by atoms with E-state index in [1.165, 1.54) is 11.3 Å². The number of rotatable bonds is 5. The molecule has 1 unspecified atom stereocenters. The molecule has 18 heavy (non-hydrogen) atoms. The summed E-state index contributed by atoms with van der Waals surface area (Å²) in [7, 11) is 0. The molecule has 5 heteroatoms. The molecule has 1 N–H and O–H groups in total. The Bertz CT molecular complexity index is 415. The van der Waals surface area contributed by atoms with E-state index in [1.54, 1.807) is 11.3 Å². The second-order valence-corrected chi connectivity index (χ2v) is 7.99. The number of thioether (sulfide) groups is 1. The molecular formula is C13H19ClN2S2. The van der Waals surface area contributed by atoms with E-state index in [9.17, 15) is 0 Å². The quantitative estimate of drug-likeness (QED) is 0.887. The van der Waals surface area contributed by atoms with Crippen molar-refractivity contribution in [3.05, 3.63) is 21.3 Å². The molecule has 0 amide bonds. The minimum atomic E-state index is 0.670. The fraction of sp³-hybridized carbons (Fsp3) is 0.615. The molecule has 0 spiro atoms. The van der Waals surface area contributed by atoms with Crippen molar-refractivity contribution in [3.63, 3.8) is 0 Å². The highest BCUT2D eigenvalue weighted by molar-refractivity contribution is 8.14. The number of aliphatic imine (C=N–C) groups is 1. The normalized spacial score (nSPS) is 19.3. The fourth-order valence-corrected chi connectivity index (χ4v) is 4.31. The smallest absolute Gasteiger partial charge is 0.156 e. The first-order valence-electron chi connectivity index (χ1n) is 6.32. The van der Waals surface area contributed by atoms with Gasteiger partial charge in [0.15, 0.2) is 5.17 Å². The molecule has 0 radical (unpaired) electrons. The Labute approximate surface area is 122 Å². The van der Waals surface area contributed by atoms with Crippen molar-refractivity contribution in [2.24, 2.45) is 10.9 Å². The summed E-state index contributed by atoms with van der Waals surface area (Å²) >= 11 is 9.46. The van der Waals surface area contributed by atoms with Crippen LogP contribution in [0.5, 0.6) is 0 Å². The molecule has 2 rings (SSSR count). The highest BCUT2D eigenvalue weighted by Gasteiger charge is 2.19. The lowest BCUT2D eigenvalue weighted by Crippen LogP contribution is -2.22. The molecule has 0 fully saturated rings. The van der Waals surface area contributed by atoms with E-state index in [-0.39, 0.29) is 0 Å². The largest absolute Gasteiger partial charge is 0.365 e. The van der Waals surface area contributed by atoms with Gasteiger partial charge in [-0.05, 0) is 30.9 Å². The maximum Gasteiger partial charge on any atom is 0.156 e. The molecule has 1 aliphatic rings. The molecule has 1 aliphatic heterocycles. The van der Waals surface area contributed by atoms with Gasteiger partial charge in [0.05, 0.1) is 10.9 Å². The number of hydrogen-bond donors (Lipinski definition) is 1. The first-order valence-corrected chi connectivity index (χ1v) is 8.40. The minimum absolute atomic E-state index is 0.670. The van der Waals surface area contributed by atoms with Crippen molar-refractivity contribution in [3.8, 4) is 0 Å². The lowest BCUT2D eigenvalue weighted by molar-refractivity contribution is 0.575. The summed E-state index contributed by atoms with van der Waals surface area (Å²) in [5.41, 5.74) is 0. The molecule has 0 saturated heterocycles. The SMILES string of the molecule is CC(C)CC1CN=C(NCCc2ccc(Cl)s2)S1.